The Morgan fingerprint density at radius 1 is 1.40 bits per heavy atom. The molecule has 1 fully saturated rings. The minimum atomic E-state index is -0.249. The first-order chi connectivity index (χ1) is 16.8. The standard InChI is InChI=1S/C24H26Cl2N6O3/c1-14(8-10-33)12-28-31(2)16-3-4-17(19(26)11-16)24(34)29-15-7-9-32(13-15)20-6-5-18(25)21-22(20)35-30-23(21)27/h3-6,11-12,15,33H,1,7-10,13H2,2H3,(H2,27,30)(H,29,34)/b28-12-/t15-/m1/s1. The average molecular weight is 517 g/mol. The van der Waals surface area contributed by atoms with Gasteiger partial charge in [0.05, 0.1) is 38.6 Å². The van der Waals surface area contributed by atoms with Crippen LogP contribution >= 0.6 is 23.2 Å². The highest BCUT2D eigenvalue weighted by Crippen LogP contribution is 2.36. The fourth-order valence-corrected chi connectivity index (χ4v) is 4.47. The van der Waals surface area contributed by atoms with Crippen molar-refractivity contribution in [1.82, 2.24) is 10.5 Å². The van der Waals surface area contributed by atoms with Crippen molar-refractivity contribution < 1.29 is 14.4 Å². The highest BCUT2D eigenvalue weighted by atomic mass is 35.5. The molecule has 0 saturated carbocycles. The predicted octanol–water partition coefficient (Wildman–Crippen LogP) is 4.09. The highest BCUT2D eigenvalue weighted by molar-refractivity contribution is 6.36. The first-order valence-corrected chi connectivity index (χ1v) is 11.8. The molecule has 4 N–H and O–H groups in total. The van der Waals surface area contributed by atoms with Crippen LogP contribution in [-0.2, 0) is 0 Å². The van der Waals surface area contributed by atoms with E-state index in [1.165, 1.54) is 0 Å². The molecule has 0 unspecified atom stereocenters. The van der Waals surface area contributed by atoms with Gasteiger partial charge < -0.3 is 25.6 Å². The summed E-state index contributed by atoms with van der Waals surface area (Å²) in [6.07, 6.45) is 2.79. The maximum absolute atomic E-state index is 12.9. The lowest BCUT2D eigenvalue weighted by atomic mass is 10.1. The lowest BCUT2D eigenvalue weighted by Crippen LogP contribution is -2.37. The van der Waals surface area contributed by atoms with E-state index in [2.05, 4.69) is 27.1 Å². The summed E-state index contributed by atoms with van der Waals surface area (Å²) in [7, 11) is 1.76. The Bertz CT molecular complexity index is 1290. The number of aliphatic hydroxyl groups is 1. The number of nitrogens with two attached hydrogens (primary N) is 1. The SMILES string of the molecule is C=C(/C=N\N(C)c1ccc(C(=O)N[C@@H]2CCN(c3ccc(Cl)c4c(N)noc34)C2)c(Cl)c1)CCO. The van der Waals surface area contributed by atoms with E-state index in [1.54, 1.807) is 42.5 Å². The van der Waals surface area contributed by atoms with E-state index in [0.29, 0.717) is 50.8 Å². The van der Waals surface area contributed by atoms with Gasteiger partial charge in [-0.1, -0.05) is 34.9 Å². The van der Waals surface area contributed by atoms with E-state index in [4.69, 9.17) is 38.6 Å². The average Bonchev–Trinajstić information content (AvgIpc) is 3.45. The molecule has 0 bridgehead atoms. The number of nitrogens with one attached hydrogen (secondary N) is 1. The van der Waals surface area contributed by atoms with E-state index in [1.807, 2.05) is 6.07 Å². The molecule has 1 aliphatic rings. The van der Waals surface area contributed by atoms with Gasteiger partial charge in [0.2, 0.25) is 0 Å². The van der Waals surface area contributed by atoms with E-state index in [9.17, 15) is 4.79 Å². The molecule has 4 rings (SSSR count). The Morgan fingerprint density at radius 3 is 2.94 bits per heavy atom. The quantitative estimate of drug-likeness (QED) is 0.304. The third-order valence-electron chi connectivity index (χ3n) is 5.86. The summed E-state index contributed by atoms with van der Waals surface area (Å²) in [4.78, 5) is 15.0. The molecule has 1 atom stereocenters. The maximum Gasteiger partial charge on any atom is 0.253 e. The molecular formula is C24H26Cl2N6O3. The molecule has 9 nitrogen and oxygen atoms in total. The van der Waals surface area contributed by atoms with Crippen LogP contribution in [0.15, 0.2) is 52.1 Å². The minimum absolute atomic E-state index is 0.0156. The molecule has 3 aromatic rings. The number of amides is 1. The third-order valence-corrected chi connectivity index (χ3v) is 6.49. The Kier molecular flexibility index (Phi) is 7.49. The predicted molar refractivity (Wildman–Crippen MR) is 141 cm³/mol. The molecule has 0 radical (unpaired) electrons. The van der Waals surface area contributed by atoms with Crippen LogP contribution in [0.1, 0.15) is 23.2 Å². The molecule has 1 amide bonds. The van der Waals surface area contributed by atoms with Gasteiger partial charge in [-0.25, -0.2) is 0 Å². The fourth-order valence-electron chi connectivity index (χ4n) is 3.96. The van der Waals surface area contributed by atoms with Crippen LogP contribution in [0.25, 0.3) is 11.0 Å². The molecule has 35 heavy (non-hydrogen) atoms. The van der Waals surface area contributed by atoms with Gasteiger partial charge in [-0.2, -0.15) is 5.10 Å². The topological polar surface area (TPSA) is 120 Å². The lowest BCUT2D eigenvalue weighted by molar-refractivity contribution is 0.0940. The second-order valence-corrected chi connectivity index (χ2v) is 9.12. The number of nitrogen functional groups attached to an aromatic ring is 1. The van der Waals surface area contributed by atoms with Crippen molar-refractivity contribution in [3.63, 3.8) is 0 Å². The van der Waals surface area contributed by atoms with Crippen LogP contribution in [0.3, 0.4) is 0 Å². The first-order valence-electron chi connectivity index (χ1n) is 11.0. The Balaban J connectivity index is 1.41. The number of benzene rings is 2. The second kappa shape index (κ2) is 10.6. The molecule has 2 heterocycles. The van der Waals surface area contributed by atoms with Crippen LogP contribution in [-0.4, -0.2) is 55.2 Å². The summed E-state index contributed by atoms with van der Waals surface area (Å²) < 4.78 is 5.41. The number of hydrazone groups is 1. The number of nitrogens with zero attached hydrogens (tertiary/aromatic N) is 4. The Labute approximate surface area is 212 Å². The van der Waals surface area contributed by atoms with E-state index in [0.717, 1.165) is 18.7 Å². The van der Waals surface area contributed by atoms with Gasteiger partial charge in [-0.3, -0.25) is 9.80 Å². The second-order valence-electron chi connectivity index (χ2n) is 8.31. The van der Waals surface area contributed by atoms with Gasteiger partial charge in [0.15, 0.2) is 11.4 Å². The van der Waals surface area contributed by atoms with Crippen LogP contribution < -0.4 is 21.0 Å². The number of carbonyl (C=O) groups excluding carboxylic acids is 1. The smallest absolute Gasteiger partial charge is 0.253 e. The van der Waals surface area contributed by atoms with Gasteiger partial charge in [0.1, 0.15) is 0 Å². The lowest BCUT2D eigenvalue weighted by Gasteiger charge is -2.19. The van der Waals surface area contributed by atoms with Crippen molar-refractivity contribution in [3.05, 3.63) is 58.1 Å². The number of halogens is 2. The molecule has 0 aliphatic carbocycles. The zero-order valence-electron chi connectivity index (χ0n) is 19.2. The van der Waals surface area contributed by atoms with E-state index in [-0.39, 0.29) is 24.4 Å². The summed E-state index contributed by atoms with van der Waals surface area (Å²) >= 11 is 12.7. The van der Waals surface area contributed by atoms with Crippen molar-refractivity contribution in [2.24, 2.45) is 5.10 Å². The summed E-state index contributed by atoms with van der Waals surface area (Å²) in [6, 6.07) is 8.69. The molecular weight excluding hydrogens is 491 g/mol. The van der Waals surface area contributed by atoms with Crippen molar-refractivity contribution >= 4 is 63.5 Å². The van der Waals surface area contributed by atoms with Crippen molar-refractivity contribution in [2.45, 2.75) is 18.9 Å². The highest BCUT2D eigenvalue weighted by Gasteiger charge is 2.28. The van der Waals surface area contributed by atoms with Crippen molar-refractivity contribution in [3.8, 4) is 0 Å². The molecule has 0 spiro atoms. The number of carbonyl (C=O) groups is 1. The number of aromatic nitrogens is 1. The zero-order chi connectivity index (χ0) is 25.1. The number of anilines is 3. The molecule has 1 aromatic heterocycles. The van der Waals surface area contributed by atoms with Gasteiger partial charge in [-0.15, -0.1) is 0 Å². The summed E-state index contributed by atoms with van der Waals surface area (Å²) in [5.41, 5.74) is 9.05. The zero-order valence-corrected chi connectivity index (χ0v) is 20.7. The number of hydrogen-bond donors (Lipinski definition) is 3. The van der Waals surface area contributed by atoms with Crippen LogP contribution in [0.4, 0.5) is 17.2 Å². The van der Waals surface area contributed by atoms with Crippen molar-refractivity contribution in [1.29, 1.82) is 0 Å². The first kappa shape index (κ1) is 24.8. The molecule has 11 heteroatoms. The third kappa shape index (κ3) is 5.37. The van der Waals surface area contributed by atoms with Crippen molar-refractivity contribution in [2.75, 3.05) is 42.4 Å². The maximum atomic E-state index is 12.9. The summed E-state index contributed by atoms with van der Waals surface area (Å²) in [5, 5.41) is 23.2. The monoisotopic (exact) mass is 516 g/mol. The van der Waals surface area contributed by atoms with E-state index >= 15 is 0 Å². The van der Waals surface area contributed by atoms with Gasteiger partial charge in [0, 0.05) is 32.8 Å². The fraction of sp³-hybridized carbons (Fsp3) is 0.292. The van der Waals surface area contributed by atoms with Gasteiger partial charge >= 0.3 is 0 Å². The number of fused-ring (bicyclic) bond motifs is 1. The Morgan fingerprint density at radius 2 is 2.20 bits per heavy atom. The normalized spacial score (nSPS) is 15.8. The van der Waals surface area contributed by atoms with Crippen LogP contribution in [0.5, 0.6) is 0 Å². The largest absolute Gasteiger partial charge is 0.396 e. The van der Waals surface area contributed by atoms with E-state index < -0.39 is 0 Å². The molecule has 1 saturated heterocycles. The summed E-state index contributed by atoms with van der Waals surface area (Å²) in [5.74, 6) is 0.00135. The summed E-state index contributed by atoms with van der Waals surface area (Å²) in [6.45, 7) is 5.15. The minimum Gasteiger partial charge on any atom is -0.396 e. The van der Waals surface area contributed by atoms with Gasteiger partial charge in [0.25, 0.3) is 5.91 Å². The molecule has 1 aliphatic heterocycles. The molecule has 2 aromatic carbocycles. The van der Waals surface area contributed by atoms with Crippen LogP contribution in [0, 0.1) is 0 Å². The number of rotatable bonds is 8. The van der Waals surface area contributed by atoms with Crippen LogP contribution in [0.2, 0.25) is 10.0 Å². The number of aliphatic hydroxyl groups excluding tert-OH is 1. The molecule has 184 valence electrons. The van der Waals surface area contributed by atoms with Gasteiger partial charge in [-0.05, 0) is 48.7 Å². The number of hydrogen-bond acceptors (Lipinski definition) is 8. The Hall–Kier alpha value is -3.27.